The minimum atomic E-state index is 0.125. The Bertz CT molecular complexity index is 281. The fraction of sp³-hybridized carbons (Fsp3) is 0.929. The second-order valence-electron chi connectivity index (χ2n) is 5.82. The van der Waals surface area contributed by atoms with E-state index >= 15 is 0 Å². The van der Waals surface area contributed by atoms with Crippen LogP contribution in [0, 0.1) is 11.8 Å². The summed E-state index contributed by atoms with van der Waals surface area (Å²) in [5.41, 5.74) is 2.75. The molecule has 5 heteroatoms. The van der Waals surface area contributed by atoms with E-state index in [2.05, 4.69) is 29.2 Å². The Morgan fingerprint density at radius 1 is 1.37 bits per heavy atom. The number of likely N-dealkylation sites (tertiary alicyclic amines) is 1. The van der Waals surface area contributed by atoms with Gasteiger partial charge < -0.3 is 9.64 Å². The Morgan fingerprint density at radius 3 is 2.68 bits per heavy atom. The highest BCUT2D eigenvalue weighted by Crippen LogP contribution is 2.24. The molecule has 0 aliphatic carbocycles. The number of hydrogen-bond donors (Lipinski definition) is 2. The number of ether oxygens (including phenoxy) is 1. The van der Waals surface area contributed by atoms with Gasteiger partial charge in [-0.3, -0.25) is 5.43 Å². The van der Waals surface area contributed by atoms with Gasteiger partial charge in [0, 0.05) is 20.2 Å². The molecule has 3 N–H and O–H groups in total. The molecule has 1 aliphatic rings. The molecule has 0 amide bonds. The molecule has 0 saturated carbocycles. The summed E-state index contributed by atoms with van der Waals surface area (Å²) in [6.45, 7) is 9.36. The number of nitrogens with one attached hydrogen (secondary N) is 1. The molecule has 1 fully saturated rings. The van der Waals surface area contributed by atoms with Gasteiger partial charge in [0.25, 0.3) is 0 Å². The molecule has 1 saturated heterocycles. The SMILES string of the molecule is COCC(C)N=C(NN)N1CCCC(C(C)C)CC1. The van der Waals surface area contributed by atoms with E-state index in [0.717, 1.165) is 30.9 Å². The predicted molar refractivity (Wildman–Crippen MR) is 79.8 cm³/mol. The van der Waals surface area contributed by atoms with Gasteiger partial charge in [-0.2, -0.15) is 0 Å². The number of guanidine groups is 1. The molecule has 0 bridgehead atoms. The van der Waals surface area contributed by atoms with Crippen LogP contribution in [-0.4, -0.2) is 43.7 Å². The summed E-state index contributed by atoms with van der Waals surface area (Å²) in [5.74, 6) is 8.01. The van der Waals surface area contributed by atoms with Gasteiger partial charge in [0.05, 0.1) is 12.6 Å². The zero-order valence-electron chi connectivity index (χ0n) is 12.9. The zero-order chi connectivity index (χ0) is 14.3. The summed E-state index contributed by atoms with van der Waals surface area (Å²) in [6, 6.07) is 0.125. The normalized spacial score (nSPS) is 23.4. The lowest BCUT2D eigenvalue weighted by Crippen LogP contribution is -2.46. The number of aliphatic imine (C=N–C) groups is 1. The fourth-order valence-corrected chi connectivity index (χ4v) is 2.70. The average molecular weight is 270 g/mol. The smallest absolute Gasteiger partial charge is 0.208 e. The van der Waals surface area contributed by atoms with E-state index in [9.17, 15) is 0 Å². The molecule has 0 spiro atoms. The lowest BCUT2D eigenvalue weighted by atomic mass is 9.89. The minimum absolute atomic E-state index is 0.125. The molecule has 1 aliphatic heterocycles. The number of hydrogen-bond acceptors (Lipinski definition) is 3. The summed E-state index contributed by atoms with van der Waals surface area (Å²) in [5, 5.41) is 0. The van der Waals surface area contributed by atoms with Crippen molar-refractivity contribution < 1.29 is 4.74 Å². The van der Waals surface area contributed by atoms with Gasteiger partial charge in [0.1, 0.15) is 0 Å². The standard InChI is InChI=1S/C14H30N4O/c1-11(2)13-6-5-8-18(9-7-13)14(17-15)16-12(3)10-19-4/h11-13H,5-10,15H2,1-4H3,(H,16,17). The third-order valence-corrected chi connectivity index (χ3v) is 3.89. The van der Waals surface area contributed by atoms with Crippen LogP contribution in [0.2, 0.25) is 0 Å². The van der Waals surface area contributed by atoms with Crippen LogP contribution in [-0.2, 0) is 4.74 Å². The largest absolute Gasteiger partial charge is 0.382 e. The van der Waals surface area contributed by atoms with E-state index in [-0.39, 0.29) is 6.04 Å². The van der Waals surface area contributed by atoms with Crippen LogP contribution in [0.15, 0.2) is 4.99 Å². The molecule has 112 valence electrons. The molecule has 5 nitrogen and oxygen atoms in total. The van der Waals surface area contributed by atoms with Crippen LogP contribution in [0.5, 0.6) is 0 Å². The van der Waals surface area contributed by atoms with Crippen molar-refractivity contribution in [2.45, 2.75) is 46.1 Å². The van der Waals surface area contributed by atoms with Crippen molar-refractivity contribution in [1.29, 1.82) is 0 Å². The number of methoxy groups -OCH3 is 1. The maximum Gasteiger partial charge on any atom is 0.208 e. The lowest BCUT2D eigenvalue weighted by Gasteiger charge is -2.25. The Labute approximate surface area is 117 Å². The van der Waals surface area contributed by atoms with Gasteiger partial charge in [-0.05, 0) is 38.0 Å². The number of nitrogens with two attached hydrogens (primary N) is 1. The second kappa shape index (κ2) is 8.38. The van der Waals surface area contributed by atoms with E-state index in [4.69, 9.17) is 10.6 Å². The van der Waals surface area contributed by atoms with E-state index < -0.39 is 0 Å². The van der Waals surface area contributed by atoms with Crippen LogP contribution in [0.25, 0.3) is 0 Å². The molecule has 19 heavy (non-hydrogen) atoms. The van der Waals surface area contributed by atoms with Gasteiger partial charge in [0.15, 0.2) is 0 Å². The second-order valence-corrected chi connectivity index (χ2v) is 5.82. The lowest BCUT2D eigenvalue weighted by molar-refractivity contribution is 0.185. The summed E-state index contributed by atoms with van der Waals surface area (Å²) in [4.78, 5) is 6.87. The number of nitrogens with zero attached hydrogens (tertiary/aromatic N) is 2. The maximum atomic E-state index is 5.63. The Kier molecular flexibility index (Phi) is 7.16. The molecular weight excluding hydrogens is 240 g/mol. The molecule has 0 aromatic carbocycles. The molecule has 0 aromatic rings. The molecule has 2 atom stereocenters. The number of hydrazine groups is 1. The molecule has 1 heterocycles. The summed E-state index contributed by atoms with van der Waals surface area (Å²) in [6.07, 6.45) is 3.73. The molecule has 2 unspecified atom stereocenters. The highest BCUT2D eigenvalue weighted by Gasteiger charge is 2.21. The van der Waals surface area contributed by atoms with Crippen molar-refractivity contribution in [2.24, 2.45) is 22.7 Å². The third-order valence-electron chi connectivity index (χ3n) is 3.89. The van der Waals surface area contributed by atoms with Crippen molar-refractivity contribution in [1.82, 2.24) is 10.3 Å². The maximum absolute atomic E-state index is 5.63. The highest BCUT2D eigenvalue weighted by atomic mass is 16.5. The van der Waals surface area contributed by atoms with Crippen molar-refractivity contribution >= 4 is 5.96 Å². The van der Waals surface area contributed by atoms with E-state index in [1.54, 1.807) is 7.11 Å². The van der Waals surface area contributed by atoms with Crippen molar-refractivity contribution in [3.8, 4) is 0 Å². The first-order chi connectivity index (χ1) is 9.08. The van der Waals surface area contributed by atoms with Crippen LogP contribution in [0.1, 0.15) is 40.0 Å². The zero-order valence-corrected chi connectivity index (χ0v) is 12.9. The van der Waals surface area contributed by atoms with E-state index in [1.807, 2.05) is 6.92 Å². The average Bonchev–Trinajstić information content (AvgIpc) is 2.62. The molecule has 0 radical (unpaired) electrons. The van der Waals surface area contributed by atoms with Crippen molar-refractivity contribution in [2.75, 3.05) is 26.8 Å². The molecular formula is C14H30N4O. The molecule has 1 rings (SSSR count). The van der Waals surface area contributed by atoms with Crippen molar-refractivity contribution in [3.05, 3.63) is 0 Å². The summed E-state index contributed by atoms with van der Waals surface area (Å²) >= 11 is 0. The van der Waals surface area contributed by atoms with E-state index in [0.29, 0.717) is 6.61 Å². The minimum Gasteiger partial charge on any atom is -0.382 e. The van der Waals surface area contributed by atoms with Gasteiger partial charge in [-0.1, -0.05) is 13.8 Å². The first kappa shape index (κ1) is 16.2. The van der Waals surface area contributed by atoms with Gasteiger partial charge >= 0.3 is 0 Å². The third kappa shape index (κ3) is 5.37. The van der Waals surface area contributed by atoms with E-state index in [1.165, 1.54) is 19.3 Å². The summed E-state index contributed by atoms with van der Waals surface area (Å²) in [7, 11) is 1.70. The predicted octanol–water partition coefficient (Wildman–Crippen LogP) is 1.60. The monoisotopic (exact) mass is 270 g/mol. The van der Waals surface area contributed by atoms with Gasteiger partial charge in [-0.15, -0.1) is 0 Å². The number of rotatable bonds is 4. The summed E-state index contributed by atoms with van der Waals surface area (Å²) < 4.78 is 5.12. The first-order valence-electron chi connectivity index (χ1n) is 7.36. The highest BCUT2D eigenvalue weighted by molar-refractivity contribution is 5.79. The Hall–Kier alpha value is -0.810. The van der Waals surface area contributed by atoms with Crippen LogP contribution in [0.4, 0.5) is 0 Å². The van der Waals surface area contributed by atoms with Gasteiger partial charge in [0.2, 0.25) is 5.96 Å². The Morgan fingerprint density at radius 2 is 2.11 bits per heavy atom. The topological polar surface area (TPSA) is 62.9 Å². The quantitative estimate of drug-likeness (QED) is 0.352. The first-order valence-corrected chi connectivity index (χ1v) is 7.36. The van der Waals surface area contributed by atoms with Crippen LogP contribution < -0.4 is 11.3 Å². The van der Waals surface area contributed by atoms with Gasteiger partial charge in [-0.25, -0.2) is 10.8 Å². The van der Waals surface area contributed by atoms with Crippen LogP contribution in [0.3, 0.4) is 0 Å². The van der Waals surface area contributed by atoms with Crippen LogP contribution >= 0.6 is 0 Å². The molecule has 0 aromatic heterocycles. The van der Waals surface area contributed by atoms with Crippen molar-refractivity contribution in [3.63, 3.8) is 0 Å². The Balaban J connectivity index is 2.61. The fourth-order valence-electron chi connectivity index (χ4n) is 2.70.